The van der Waals surface area contributed by atoms with E-state index >= 15 is 0 Å². The van der Waals surface area contributed by atoms with Crippen molar-refractivity contribution in [3.05, 3.63) is 59.4 Å². The molecular formula is C26H29FN2O5. The number of anilines is 1. The highest BCUT2D eigenvalue weighted by Crippen LogP contribution is 2.47. The van der Waals surface area contributed by atoms with Crippen LogP contribution in [0.5, 0.6) is 5.75 Å². The molecule has 0 unspecified atom stereocenters. The van der Waals surface area contributed by atoms with E-state index in [2.05, 4.69) is 10.6 Å². The predicted octanol–water partition coefficient (Wildman–Crippen LogP) is 3.27. The number of amides is 2. The van der Waals surface area contributed by atoms with Crippen LogP contribution in [0, 0.1) is 11.7 Å². The summed E-state index contributed by atoms with van der Waals surface area (Å²) in [6, 6.07) is 11.9. The lowest BCUT2D eigenvalue weighted by molar-refractivity contribution is -0.142. The third-order valence-electron chi connectivity index (χ3n) is 7.09. The molecule has 4 atom stereocenters. The summed E-state index contributed by atoms with van der Waals surface area (Å²) in [7, 11) is 0. The van der Waals surface area contributed by atoms with Crippen LogP contribution in [-0.2, 0) is 20.9 Å². The van der Waals surface area contributed by atoms with E-state index in [1.165, 1.54) is 6.07 Å². The summed E-state index contributed by atoms with van der Waals surface area (Å²) >= 11 is 0. The van der Waals surface area contributed by atoms with Gasteiger partial charge >= 0.3 is 0 Å². The van der Waals surface area contributed by atoms with Crippen molar-refractivity contribution >= 4 is 17.5 Å². The molecule has 0 aromatic heterocycles. The molecule has 5 rings (SSSR count). The molecule has 34 heavy (non-hydrogen) atoms. The second-order valence-corrected chi connectivity index (χ2v) is 9.35. The smallest absolute Gasteiger partial charge is 0.227 e. The molecule has 3 aliphatic rings. The summed E-state index contributed by atoms with van der Waals surface area (Å²) in [5.41, 5.74) is 2.10. The number of ether oxygens (including phenoxy) is 2. The molecule has 0 bridgehead atoms. The maximum atomic E-state index is 13.8. The number of aliphatic hydroxyl groups excluding tert-OH is 1. The van der Waals surface area contributed by atoms with Gasteiger partial charge in [0.1, 0.15) is 23.8 Å². The van der Waals surface area contributed by atoms with Crippen LogP contribution in [0.25, 0.3) is 0 Å². The highest BCUT2D eigenvalue weighted by molar-refractivity contribution is 5.93. The predicted molar refractivity (Wildman–Crippen MR) is 123 cm³/mol. The van der Waals surface area contributed by atoms with Gasteiger partial charge in [-0.05, 0) is 43.5 Å². The van der Waals surface area contributed by atoms with E-state index in [0.29, 0.717) is 17.7 Å². The molecule has 0 spiro atoms. The number of rotatable bonds is 7. The highest BCUT2D eigenvalue weighted by Gasteiger charge is 2.46. The van der Waals surface area contributed by atoms with E-state index in [9.17, 15) is 19.1 Å². The highest BCUT2D eigenvalue weighted by atomic mass is 19.1. The second kappa shape index (κ2) is 9.72. The number of nitrogens with one attached hydrogen (secondary N) is 2. The Bertz CT molecular complexity index is 1070. The number of carbonyl (C=O) groups is 2. The molecule has 2 heterocycles. The normalized spacial score (nSPS) is 25.5. The van der Waals surface area contributed by atoms with Crippen LogP contribution in [0.15, 0.2) is 42.5 Å². The molecule has 2 fully saturated rings. The Morgan fingerprint density at radius 1 is 1.15 bits per heavy atom. The average molecular weight is 469 g/mol. The van der Waals surface area contributed by atoms with Crippen LogP contribution >= 0.6 is 0 Å². The Morgan fingerprint density at radius 3 is 2.71 bits per heavy atom. The summed E-state index contributed by atoms with van der Waals surface area (Å²) in [6.07, 6.45) is 2.27. The van der Waals surface area contributed by atoms with Gasteiger partial charge in [-0.25, -0.2) is 4.39 Å². The van der Waals surface area contributed by atoms with Crippen molar-refractivity contribution in [2.24, 2.45) is 5.92 Å². The second-order valence-electron chi connectivity index (χ2n) is 9.35. The Labute approximate surface area is 197 Å². The number of hydrogen-bond donors (Lipinski definition) is 3. The molecule has 2 amide bonds. The van der Waals surface area contributed by atoms with Crippen LogP contribution in [0.1, 0.15) is 49.1 Å². The van der Waals surface area contributed by atoms with Crippen LogP contribution in [0.4, 0.5) is 10.1 Å². The van der Waals surface area contributed by atoms with Gasteiger partial charge in [-0.15, -0.1) is 0 Å². The fourth-order valence-corrected chi connectivity index (χ4v) is 5.00. The van der Waals surface area contributed by atoms with E-state index in [4.69, 9.17) is 9.47 Å². The van der Waals surface area contributed by atoms with Crippen molar-refractivity contribution in [3.63, 3.8) is 0 Å². The Kier molecular flexibility index (Phi) is 6.52. The van der Waals surface area contributed by atoms with Crippen LogP contribution < -0.4 is 15.4 Å². The SMILES string of the molecule is O=C(C[C@@H]1C[C@H]2c3cc(NC(=O)C4CCC4)ccc3O[C@H]2[C@H](CO)O1)NCc1ccccc1F. The lowest BCUT2D eigenvalue weighted by Crippen LogP contribution is -2.47. The van der Waals surface area contributed by atoms with Gasteiger partial charge < -0.3 is 25.2 Å². The first-order valence-corrected chi connectivity index (χ1v) is 11.9. The fraction of sp³-hybridized carbons (Fsp3) is 0.462. The summed E-state index contributed by atoms with van der Waals surface area (Å²) < 4.78 is 25.9. The molecule has 1 saturated heterocycles. The first kappa shape index (κ1) is 22.8. The van der Waals surface area contributed by atoms with Crippen LogP contribution in [0.2, 0.25) is 0 Å². The molecule has 1 saturated carbocycles. The number of carbonyl (C=O) groups excluding carboxylic acids is 2. The molecule has 7 nitrogen and oxygen atoms in total. The van der Waals surface area contributed by atoms with Crippen molar-refractivity contribution in [1.29, 1.82) is 0 Å². The first-order chi connectivity index (χ1) is 16.5. The van der Waals surface area contributed by atoms with Crippen molar-refractivity contribution < 1.29 is 28.6 Å². The van der Waals surface area contributed by atoms with Gasteiger partial charge in [0.25, 0.3) is 0 Å². The van der Waals surface area contributed by atoms with E-state index in [0.717, 1.165) is 30.5 Å². The van der Waals surface area contributed by atoms with Gasteiger partial charge in [0, 0.05) is 35.2 Å². The molecule has 0 radical (unpaired) electrons. The zero-order valence-electron chi connectivity index (χ0n) is 18.8. The van der Waals surface area contributed by atoms with Gasteiger partial charge in [-0.2, -0.15) is 0 Å². The molecule has 3 N–H and O–H groups in total. The number of benzene rings is 2. The van der Waals surface area contributed by atoms with Gasteiger partial charge in [-0.3, -0.25) is 9.59 Å². The summed E-state index contributed by atoms with van der Waals surface area (Å²) in [5.74, 6) is 0.177. The van der Waals surface area contributed by atoms with Crippen molar-refractivity contribution in [1.82, 2.24) is 5.32 Å². The van der Waals surface area contributed by atoms with Gasteiger partial charge in [-0.1, -0.05) is 24.6 Å². The lowest BCUT2D eigenvalue weighted by Gasteiger charge is -2.37. The Balaban J connectivity index is 1.24. The molecular weight excluding hydrogens is 439 g/mol. The van der Waals surface area contributed by atoms with Gasteiger partial charge in [0.15, 0.2) is 0 Å². The quantitative estimate of drug-likeness (QED) is 0.580. The Hall–Kier alpha value is -2.97. The fourth-order valence-electron chi connectivity index (χ4n) is 5.00. The maximum absolute atomic E-state index is 13.8. The summed E-state index contributed by atoms with van der Waals surface area (Å²) in [4.78, 5) is 24.9. The maximum Gasteiger partial charge on any atom is 0.227 e. The monoisotopic (exact) mass is 468 g/mol. The Morgan fingerprint density at radius 2 is 1.97 bits per heavy atom. The molecule has 1 aliphatic carbocycles. The molecule has 2 aliphatic heterocycles. The van der Waals surface area contributed by atoms with E-state index in [1.54, 1.807) is 18.2 Å². The standard InChI is InChI=1S/C26H29FN2O5/c27-21-7-2-1-4-16(21)13-28-24(31)12-18-11-20-19-10-17(29-26(32)15-5-3-6-15)8-9-22(19)34-25(20)23(14-30)33-18/h1-2,4,7-10,15,18,20,23,25,30H,3,5-6,11-14H2,(H,28,31)(H,29,32)/t18-,20-,23-,25+/m0/s1. The van der Waals surface area contributed by atoms with E-state index in [-0.39, 0.29) is 55.1 Å². The number of fused-ring (bicyclic) bond motifs is 3. The molecule has 2 aromatic carbocycles. The number of halogens is 1. The number of hydrogen-bond acceptors (Lipinski definition) is 5. The average Bonchev–Trinajstić information content (AvgIpc) is 3.15. The largest absolute Gasteiger partial charge is 0.487 e. The number of aliphatic hydroxyl groups is 1. The van der Waals surface area contributed by atoms with Crippen molar-refractivity contribution in [2.45, 2.75) is 62.9 Å². The first-order valence-electron chi connectivity index (χ1n) is 11.9. The zero-order valence-corrected chi connectivity index (χ0v) is 18.8. The van der Waals surface area contributed by atoms with Crippen molar-refractivity contribution in [3.8, 4) is 5.75 Å². The minimum atomic E-state index is -0.566. The minimum Gasteiger partial charge on any atom is -0.487 e. The minimum absolute atomic E-state index is 0.0475. The zero-order chi connectivity index (χ0) is 23.7. The summed E-state index contributed by atoms with van der Waals surface area (Å²) in [6.45, 7) is -0.128. The van der Waals surface area contributed by atoms with Gasteiger partial charge in [0.2, 0.25) is 11.8 Å². The topological polar surface area (TPSA) is 96.9 Å². The van der Waals surface area contributed by atoms with Crippen LogP contribution in [0.3, 0.4) is 0 Å². The molecule has 180 valence electrons. The third kappa shape index (κ3) is 4.65. The van der Waals surface area contributed by atoms with Gasteiger partial charge in [0.05, 0.1) is 19.1 Å². The summed E-state index contributed by atoms with van der Waals surface area (Å²) in [5, 5.41) is 15.7. The molecule has 8 heteroatoms. The van der Waals surface area contributed by atoms with E-state index < -0.39 is 12.2 Å². The third-order valence-corrected chi connectivity index (χ3v) is 7.09. The van der Waals surface area contributed by atoms with E-state index in [1.807, 2.05) is 18.2 Å². The van der Waals surface area contributed by atoms with Crippen molar-refractivity contribution in [2.75, 3.05) is 11.9 Å². The van der Waals surface area contributed by atoms with Crippen LogP contribution in [-0.4, -0.2) is 41.8 Å². The lowest BCUT2D eigenvalue weighted by atomic mass is 9.83. The molecule has 2 aromatic rings.